The Morgan fingerprint density at radius 3 is 3.04 bits per heavy atom. The monoisotopic (exact) mass is 326 g/mol. The molecular weight excluding hydrogens is 312 g/mol. The predicted octanol–water partition coefficient (Wildman–Crippen LogP) is 2.34. The fourth-order valence-corrected chi connectivity index (χ4v) is 3.10. The maximum Gasteiger partial charge on any atom is 0.272 e. The third kappa shape index (κ3) is 3.22. The number of benzene rings is 1. The highest BCUT2D eigenvalue weighted by atomic mass is 32.2. The van der Waals surface area contributed by atoms with E-state index in [1.54, 1.807) is 18.9 Å². The van der Waals surface area contributed by atoms with Gasteiger partial charge in [-0.05, 0) is 17.7 Å². The molecule has 3 rings (SSSR count). The Kier molecular flexibility index (Phi) is 4.35. The van der Waals surface area contributed by atoms with Crippen molar-refractivity contribution >= 4 is 17.4 Å². The summed E-state index contributed by atoms with van der Waals surface area (Å²) in [6, 6.07) is 11.4. The average Bonchev–Trinajstić information content (AvgIpc) is 2.98. The van der Waals surface area contributed by atoms with Gasteiger partial charge in [0.05, 0.1) is 12.8 Å². The topological polar surface area (TPSA) is 83.2 Å². The van der Waals surface area contributed by atoms with Gasteiger partial charge >= 0.3 is 0 Å². The predicted molar refractivity (Wildman–Crippen MR) is 88.5 cm³/mol. The van der Waals surface area contributed by atoms with E-state index in [9.17, 15) is 4.79 Å². The second kappa shape index (κ2) is 6.58. The molecule has 0 amide bonds. The van der Waals surface area contributed by atoms with Crippen LogP contribution in [0.2, 0.25) is 0 Å². The van der Waals surface area contributed by atoms with Gasteiger partial charge in [-0.15, -0.1) is 0 Å². The third-order valence-electron chi connectivity index (χ3n) is 3.32. The highest BCUT2D eigenvalue weighted by Gasteiger charge is 2.08. The van der Waals surface area contributed by atoms with E-state index in [1.807, 2.05) is 30.3 Å². The maximum absolute atomic E-state index is 12.0. The van der Waals surface area contributed by atoms with E-state index in [4.69, 9.17) is 10.00 Å². The van der Waals surface area contributed by atoms with E-state index >= 15 is 0 Å². The lowest BCUT2D eigenvalue weighted by Gasteiger charge is -2.05. The summed E-state index contributed by atoms with van der Waals surface area (Å²) in [6.07, 6.45) is 1.48. The molecule has 116 valence electrons. The summed E-state index contributed by atoms with van der Waals surface area (Å²) in [7, 11) is 1.64. The molecule has 23 heavy (non-hydrogen) atoms. The highest BCUT2D eigenvalue weighted by Crippen LogP contribution is 2.20. The molecule has 0 radical (unpaired) electrons. The van der Waals surface area contributed by atoms with Gasteiger partial charge in [-0.2, -0.15) is 17.0 Å². The first-order valence-corrected chi connectivity index (χ1v) is 8.07. The van der Waals surface area contributed by atoms with Crippen LogP contribution in [0, 0.1) is 11.3 Å². The van der Waals surface area contributed by atoms with Gasteiger partial charge in [-0.3, -0.25) is 9.89 Å². The molecule has 2 aromatic heterocycles. The van der Waals surface area contributed by atoms with Gasteiger partial charge in [0.25, 0.3) is 5.56 Å². The van der Waals surface area contributed by atoms with Crippen LogP contribution in [-0.4, -0.2) is 21.7 Å². The molecule has 0 aliphatic rings. The van der Waals surface area contributed by atoms with E-state index in [1.165, 1.54) is 16.8 Å². The molecule has 0 saturated heterocycles. The fraction of sp³-hybridized carbons (Fsp3) is 0.188. The van der Waals surface area contributed by atoms with E-state index in [0.29, 0.717) is 22.7 Å². The first-order chi connectivity index (χ1) is 11.2. The van der Waals surface area contributed by atoms with Crippen molar-refractivity contribution < 1.29 is 4.74 Å². The number of nitrogens with one attached hydrogen (secondary N) is 1. The number of aromatic nitrogens is 3. The zero-order valence-corrected chi connectivity index (χ0v) is 13.3. The van der Waals surface area contributed by atoms with Gasteiger partial charge in [0.15, 0.2) is 5.65 Å². The van der Waals surface area contributed by atoms with Crippen molar-refractivity contribution in [2.45, 2.75) is 11.5 Å². The van der Waals surface area contributed by atoms with Gasteiger partial charge in [-0.1, -0.05) is 12.1 Å². The summed E-state index contributed by atoms with van der Waals surface area (Å²) in [4.78, 5) is 16.4. The molecule has 6 nitrogen and oxygen atoms in total. The van der Waals surface area contributed by atoms with Crippen molar-refractivity contribution in [3.63, 3.8) is 0 Å². The summed E-state index contributed by atoms with van der Waals surface area (Å²) in [6.45, 7) is 0. The lowest BCUT2D eigenvalue weighted by molar-refractivity contribution is 0.414. The fourth-order valence-electron chi connectivity index (χ4n) is 2.22. The smallest absolute Gasteiger partial charge is 0.272 e. The highest BCUT2D eigenvalue weighted by molar-refractivity contribution is 7.97. The zero-order valence-electron chi connectivity index (χ0n) is 12.4. The Hall–Kier alpha value is -2.72. The van der Waals surface area contributed by atoms with Crippen LogP contribution in [0.5, 0.6) is 5.75 Å². The molecule has 0 bridgehead atoms. The number of methoxy groups -OCH3 is 1. The van der Waals surface area contributed by atoms with Crippen LogP contribution in [0.25, 0.3) is 5.65 Å². The molecule has 0 unspecified atom stereocenters. The molecule has 0 saturated carbocycles. The summed E-state index contributed by atoms with van der Waals surface area (Å²) >= 11 is 1.65. The molecular formula is C16H14N4O2S. The lowest BCUT2D eigenvalue weighted by Crippen LogP contribution is -2.15. The Morgan fingerprint density at radius 1 is 1.39 bits per heavy atom. The molecule has 1 N–H and O–H groups in total. The van der Waals surface area contributed by atoms with Crippen LogP contribution < -0.4 is 10.3 Å². The Morgan fingerprint density at radius 2 is 2.26 bits per heavy atom. The summed E-state index contributed by atoms with van der Waals surface area (Å²) < 4.78 is 6.47. The summed E-state index contributed by atoms with van der Waals surface area (Å²) in [5.74, 6) is 2.21. The third-order valence-corrected chi connectivity index (χ3v) is 4.36. The quantitative estimate of drug-likeness (QED) is 0.778. The van der Waals surface area contributed by atoms with Crippen molar-refractivity contribution in [2.75, 3.05) is 7.11 Å². The van der Waals surface area contributed by atoms with E-state index in [0.717, 1.165) is 17.1 Å². The van der Waals surface area contributed by atoms with Crippen molar-refractivity contribution in [3.8, 4) is 11.8 Å². The van der Waals surface area contributed by atoms with Gasteiger partial charge in [0, 0.05) is 23.8 Å². The van der Waals surface area contributed by atoms with Crippen LogP contribution >= 0.6 is 11.8 Å². The molecule has 0 fully saturated rings. The molecule has 0 aliphatic heterocycles. The summed E-state index contributed by atoms with van der Waals surface area (Å²) in [5.41, 5.74) is 2.33. The van der Waals surface area contributed by atoms with Crippen LogP contribution in [-0.2, 0) is 11.5 Å². The number of rotatable bonds is 5. The van der Waals surface area contributed by atoms with E-state index in [2.05, 4.69) is 10.1 Å². The normalized spacial score (nSPS) is 10.6. The Bertz CT molecular complexity index is 939. The molecule has 7 heteroatoms. The number of thioether (sulfide) groups is 1. The van der Waals surface area contributed by atoms with Crippen molar-refractivity contribution in [3.05, 3.63) is 63.7 Å². The van der Waals surface area contributed by atoms with Crippen LogP contribution in [0.15, 0.2) is 41.3 Å². The molecule has 0 atom stereocenters. The molecule has 3 aromatic rings. The van der Waals surface area contributed by atoms with Crippen LogP contribution in [0.4, 0.5) is 0 Å². The number of aromatic amines is 1. The number of H-pyrrole nitrogens is 1. The molecule has 1 aromatic carbocycles. The largest absolute Gasteiger partial charge is 0.497 e. The van der Waals surface area contributed by atoms with Gasteiger partial charge in [0.1, 0.15) is 17.4 Å². The molecule has 0 spiro atoms. The second-order valence-electron chi connectivity index (χ2n) is 4.89. The summed E-state index contributed by atoms with van der Waals surface area (Å²) in [5, 5.41) is 11.8. The number of nitriles is 1. The first kappa shape index (κ1) is 15.2. The van der Waals surface area contributed by atoms with Crippen molar-refractivity contribution in [1.29, 1.82) is 5.26 Å². The minimum absolute atomic E-state index is 0.214. The maximum atomic E-state index is 12.0. The zero-order chi connectivity index (χ0) is 16.2. The Balaban J connectivity index is 1.74. The number of hydrogen-bond acceptors (Lipinski definition) is 5. The number of ether oxygens (including phenoxy) is 1. The number of hydrogen-bond donors (Lipinski definition) is 1. The van der Waals surface area contributed by atoms with Gasteiger partial charge in [-0.25, -0.2) is 9.50 Å². The number of fused-ring (bicyclic) bond motifs is 1. The van der Waals surface area contributed by atoms with E-state index < -0.39 is 0 Å². The first-order valence-electron chi connectivity index (χ1n) is 6.92. The minimum atomic E-state index is -0.214. The molecule has 2 heterocycles. The minimum Gasteiger partial charge on any atom is -0.497 e. The molecule has 0 aliphatic carbocycles. The second-order valence-corrected chi connectivity index (χ2v) is 5.87. The number of nitrogens with zero attached hydrogens (tertiary/aromatic N) is 3. The van der Waals surface area contributed by atoms with Crippen LogP contribution in [0.3, 0.4) is 0 Å². The average molecular weight is 326 g/mol. The van der Waals surface area contributed by atoms with E-state index in [-0.39, 0.29) is 5.56 Å². The van der Waals surface area contributed by atoms with Gasteiger partial charge < -0.3 is 4.74 Å². The van der Waals surface area contributed by atoms with Crippen molar-refractivity contribution in [1.82, 2.24) is 14.6 Å². The van der Waals surface area contributed by atoms with Crippen molar-refractivity contribution in [2.24, 2.45) is 0 Å². The lowest BCUT2D eigenvalue weighted by atomic mass is 10.2. The standard InChI is InChI=1S/C16H14N4O2S/c1-22-14-4-2-3-11(5-14)9-23-10-13-6-15(21)20-16(19-13)12(7-17)8-18-20/h2-6,8,18H,9-10H2,1H3. The Labute approximate surface area is 136 Å². The van der Waals surface area contributed by atoms with Gasteiger partial charge in [0.2, 0.25) is 0 Å². The van der Waals surface area contributed by atoms with Crippen LogP contribution in [0.1, 0.15) is 16.8 Å². The SMILES string of the molecule is COc1cccc(CSCc2cc(=O)n3[nH]cc(C#N)c3n2)c1.